The van der Waals surface area contributed by atoms with Gasteiger partial charge in [0.1, 0.15) is 5.82 Å². The fraction of sp³-hybridized carbons (Fsp3) is 0.200. The van der Waals surface area contributed by atoms with Crippen LogP contribution in [-0.2, 0) is 0 Å². The Bertz CT molecular complexity index is 933. The van der Waals surface area contributed by atoms with Gasteiger partial charge in [-0.2, -0.15) is 4.98 Å². The molecule has 3 aromatic rings. The summed E-state index contributed by atoms with van der Waals surface area (Å²) in [7, 11) is 0. The minimum atomic E-state index is -0.271. The number of nitrogens with one attached hydrogen (secondary N) is 2. The summed E-state index contributed by atoms with van der Waals surface area (Å²) in [6.07, 6.45) is 3.41. The van der Waals surface area contributed by atoms with Crippen LogP contribution in [0.25, 0.3) is 11.3 Å². The highest BCUT2D eigenvalue weighted by Crippen LogP contribution is 2.22. The van der Waals surface area contributed by atoms with E-state index in [2.05, 4.69) is 25.6 Å². The molecule has 0 aliphatic rings. The molecule has 0 radical (unpaired) electrons. The van der Waals surface area contributed by atoms with E-state index in [1.165, 1.54) is 0 Å². The highest BCUT2D eigenvalue weighted by atomic mass is 16.1. The Morgan fingerprint density at radius 3 is 2.44 bits per heavy atom. The maximum absolute atomic E-state index is 12.5. The molecule has 27 heavy (non-hydrogen) atoms. The van der Waals surface area contributed by atoms with Crippen molar-refractivity contribution >= 4 is 23.4 Å². The molecule has 1 amide bonds. The maximum Gasteiger partial charge on any atom is 0.256 e. The second-order valence-corrected chi connectivity index (χ2v) is 7.15. The number of rotatable bonds is 4. The van der Waals surface area contributed by atoms with Crippen LogP contribution in [0.15, 0.2) is 54.9 Å². The molecule has 2 aromatic heterocycles. The normalized spacial score (nSPS) is 11.1. The molecule has 0 aliphatic heterocycles. The number of nitrogen functional groups attached to an aromatic ring is 1. The lowest BCUT2D eigenvalue weighted by Gasteiger charge is -2.21. The van der Waals surface area contributed by atoms with Crippen molar-refractivity contribution in [3.8, 4) is 11.3 Å². The van der Waals surface area contributed by atoms with Crippen molar-refractivity contribution in [3.05, 3.63) is 60.4 Å². The van der Waals surface area contributed by atoms with Crippen LogP contribution in [0, 0.1) is 0 Å². The topological polar surface area (TPSA) is 106 Å². The Labute approximate surface area is 158 Å². The summed E-state index contributed by atoms with van der Waals surface area (Å²) in [4.78, 5) is 25.6. The lowest BCUT2D eigenvalue weighted by Crippen LogP contribution is -2.27. The van der Waals surface area contributed by atoms with Gasteiger partial charge < -0.3 is 16.4 Å². The summed E-state index contributed by atoms with van der Waals surface area (Å²) in [5.41, 5.74) is 8.04. The van der Waals surface area contributed by atoms with E-state index in [4.69, 9.17) is 5.73 Å². The average molecular weight is 362 g/mol. The van der Waals surface area contributed by atoms with Gasteiger partial charge in [-0.1, -0.05) is 0 Å². The van der Waals surface area contributed by atoms with Crippen molar-refractivity contribution in [3.63, 3.8) is 0 Å². The quantitative estimate of drug-likeness (QED) is 0.613. The van der Waals surface area contributed by atoms with Crippen LogP contribution in [0.3, 0.4) is 0 Å². The second-order valence-electron chi connectivity index (χ2n) is 7.15. The minimum Gasteiger partial charge on any atom is -0.399 e. The van der Waals surface area contributed by atoms with E-state index in [0.717, 1.165) is 5.56 Å². The van der Waals surface area contributed by atoms with Gasteiger partial charge in [0.2, 0.25) is 5.95 Å². The Morgan fingerprint density at radius 2 is 1.81 bits per heavy atom. The molecule has 0 saturated heterocycles. The van der Waals surface area contributed by atoms with Crippen LogP contribution in [0.5, 0.6) is 0 Å². The molecule has 138 valence electrons. The Morgan fingerprint density at radius 1 is 1.07 bits per heavy atom. The molecule has 0 fully saturated rings. The molecular weight excluding hydrogens is 340 g/mol. The first-order chi connectivity index (χ1) is 12.8. The number of aromatic nitrogens is 3. The monoisotopic (exact) mass is 362 g/mol. The van der Waals surface area contributed by atoms with Crippen LogP contribution in [0.1, 0.15) is 31.1 Å². The van der Waals surface area contributed by atoms with Gasteiger partial charge in [-0.25, -0.2) is 4.98 Å². The Kier molecular flexibility index (Phi) is 5.03. The van der Waals surface area contributed by atoms with Crippen molar-refractivity contribution < 1.29 is 4.79 Å². The number of nitrogens with two attached hydrogens (primary N) is 1. The highest BCUT2D eigenvalue weighted by molar-refractivity contribution is 6.04. The van der Waals surface area contributed by atoms with Gasteiger partial charge in [0.25, 0.3) is 5.91 Å². The molecule has 2 heterocycles. The first kappa shape index (κ1) is 18.3. The van der Waals surface area contributed by atoms with Crippen LogP contribution >= 0.6 is 0 Å². The lowest BCUT2D eigenvalue weighted by atomic mass is 10.1. The number of carbonyl (C=O) groups excluding carboxylic acids is 1. The van der Waals surface area contributed by atoms with Crippen molar-refractivity contribution in [1.82, 2.24) is 15.0 Å². The third kappa shape index (κ3) is 5.01. The average Bonchev–Trinajstić information content (AvgIpc) is 2.61. The Hall–Kier alpha value is -3.48. The third-order valence-electron chi connectivity index (χ3n) is 3.58. The fourth-order valence-corrected chi connectivity index (χ4v) is 2.39. The van der Waals surface area contributed by atoms with Crippen molar-refractivity contribution in [1.29, 1.82) is 0 Å². The standard InChI is InChI=1S/C20H22N6O/c1-20(2,3)26-19-23-16(14-5-4-10-22-12-14)11-17(25-19)24-18(27)13-6-8-15(21)9-7-13/h4-12H,21H2,1-3H3,(H2,23,24,25,26,27). The van der Waals surface area contributed by atoms with Crippen molar-refractivity contribution in [2.75, 3.05) is 16.4 Å². The van der Waals surface area contributed by atoms with Crippen molar-refractivity contribution in [2.45, 2.75) is 26.3 Å². The van der Waals surface area contributed by atoms with E-state index in [0.29, 0.717) is 28.7 Å². The molecule has 7 heteroatoms. The number of hydrogen-bond acceptors (Lipinski definition) is 6. The van der Waals surface area contributed by atoms with E-state index in [9.17, 15) is 4.79 Å². The summed E-state index contributed by atoms with van der Waals surface area (Å²) in [6, 6.07) is 12.2. The first-order valence-corrected chi connectivity index (χ1v) is 8.55. The predicted molar refractivity (Wildman–Crippen MR) is 107 cm³/mol. The molecule has 0 aliphatic carbocycles. The van der Waals surface area contributed by atoms with E-state index in [1.807, 2.05) is 32.9 Å². The third-order valence-corrected chi connectivity index (χ3v) is 3.58. The van der Waals surface area contributed by atoms with Gasteiger partial charge >= 0.3 is 0 Å². The highest BCUT2D eigenvalue weighted by Gasteiger charge is 2.15. The summed E-state index contributed by atoms with van der Waals surface area (Å²) in [5.74, 6) is 0.557. The van der Waals surface area contributed by atoms with E-state index in [-0.39, 0.29) is 11.4 Å². The molecule has 0 saturated carbocycles. The summed E-state index contributed by atoms with van der Waals surface area (Å²) < 4.78 is 0. The number of hydrogen-bond donors (Lipinski definition) is 3. The molecule has 7 nitrogen and oxygen atoms in total. The van der Waals surface area contributed by atoms with Crippen LogP contribution in [-0.4, -0.2) is 26.4 Å². The molecule has 4 N–H and O–H groups in total. The number of amides is 1. The summed E-state index contributed by atoms with van der Waals surface area (Å²) in [5, 5.41) is 6.06. The zero-order chi connectivity index (χ0) is 19.4. The van der Waals surface area contributed by atoms with Gasteiger partial charge in [-0.05, 0) is 57.2 Å². The number of pyridine rings is 1. The largest absolute Gasteiger partial charge is 0.399 e. The molecule has 0 unspecified atom stereocenters. The van der Waals surface area contributed by atoms with Gasteiger partial charge in [0.05, 0.1) is 5.69 Å². The second kappa shape index (κ2) is 7.41. The molecule has 0 spiro atoms. The summed E-state index contributed by atoms with van der Waals surface area (Å²) in [6.45, 7) is 6.04. The summed E-state index contributed by atoms with van der Waals surface area (Å²) >= 11 is 0. The van der Waals surface area contributed by atoms with Crippen LogP contribution < -0.4 is 16.4 Å². The van der Waals surface area contributed by atoms with E-state index >= 15 is 0 Å². The zero-order valence-corrected chi connectivity index (χ0v) is 15.5. The van der Waals surface area contributed by atoms with Crippen LogP contribution in [0.2, 0.25) is 0 Å². The van der Waals surface area contributed by atoms with Gasteiger partial charge in [0.15, 0.2) is 0 Å². The lowest BCUT2D eigenvalue weighted by molar-refractivity contribution is 0.102. The minimum absolute atomic E-state index is 0.230. The number of anilines is 3. The number of nitrogens with zero attached hydrogens (tertiary/aromatic N) is 3. The molecule has 0 atom stereocenters. The van der Waals surface area contributed by atoms with Gasteiger partial charge in [-0.15, -0.1) is 0 Å². The van der Waals surface area contributed by atoms with Crippen molar-refractivity contribution in [2.24, 2.45) is 0 Å². The number of carbonyl (C=O) groups is 1. The first-order valence-electron chi connectivity index (χ1n) is 8.55. The van der Waals surface area contributed by atoms with Crippen LogP contribution in [0.4, 0.5) is 17.5 Å². The van der Waals surface area contributed by atoms with E-state index in [1.54, 1.807) is 42.7 Å². The zero-order valence-electron chi connectivity index (χ0n) is 15.5. The SMILES string of the molecule is CC(C)(C)Nc1nc(NC(=O)c2ccc(N)cc2)cc(-c2cccnc2)n1. The predicted octanol–water partition coefficient (Wildman–Crippen LogP) is 3.58. The van der Waals surface area contributed by atoms with Gasteiger partial charge in [-0.3, -0.25) is 9.78 Å². The Balaban J connectivity index is 1.94. The van der Waals surface area contributed by atoms with E-state index < -0.39 is 0 Å². The smallest absolute Gasteiger partial charge is 0.256 e. The molecular formula is C20H22N6O. The van der Waals surface area contributed by atoms with Gasteiger partial charge in [0, 0.05) is 40.8 Å². The molecule has 3 rings (SSSR count). The number of benzene rings is 1. The fourth-order valence-electron chi connectivity index (χ4n) is 2.39. The molecule has 0 bridgehead atoms. The molecule has 1 aromatic carbocycles. The maximum atomic E-state index is 12.5.